The van der Waals surface area contributed by atoms with E-state index in [0.29, 0.717) is 13.0 Å². The zero-order valence-electron chi connectivity index (χ0n) is 10.2. The Kier molecular flexibility index (Phi) is 5.11. The molecule has 0 saturated carbocycles. The Morgan fingerprint density at radius 2 is 2.28 bits per heavy atom. The second-order valence-electron chi connectivity index (χ2n) is 4.55. The van der Waals surface area contributed by atoms with Crippen molar-refractivity contribution in [2.75, 3.05) is 13.1 Å². The predicted octanol–water partition coefficient (Wildman–Crippen LogP) is 2.72. The highest BCUT2D eigenvalue weighted by Gasteiger charge is 2.30. The number of hydrogen-bond acceptors (Lipinski definition) is 2. The van der Waals surface area contributed by atoms with E-state index in [2.05, 4.69) is 4.90 Å². The summed E-state index contributed by atoms with van der Waals surface area (Å²) in [6.07, 6.45) is 0.676. The number of hydrogen-bond donors (Lipinski definition) is 1. The Hall–Kier alpha value is -1.13. The van der Waals surface area contributed by atoms with Gasteiger partial charge >= 0.3 is 5.97 Å². The van der Waals surface area contributed by atoms with Crippen LogP contribution >= 0.6 is 12.4 Å². The van der Waals surface area contributed by atoms with E-state index in [1.165, 1.54) is 12.1 Å². The highest BCUT2D eigenvalue weighted by molar-refractivity contribution is 5.85. The van der Waals surface area contributed by atoms with E-state index in [0.717, 1.165) is 12.1 Å². The standard InChI is InChI=1S/C13H16FNO2.ClH/c1-9(10-3-2-4-12(14)7-10)15-6-5-11(8-15)13(16)17;/h2-4,7,9,11H,5-6,8H2,1H3,(H,16,17);1H. The third-order valence-corrected chi connectivity index (χ3v) is 3.45. The Morgan fingerprint density at radius 3 is 2.83 bits per heavy atom. The number of aliphatic carboxylic acids is 1. The van der Waals surface area contributed by atoms with Gasteiger partial charge in [-0.2, -0.15) is 0 Å². The highest BCUT2D eigenvalue weighted by atomic mass is 35.5. The van der Waals surface area contributed by atoms with Crippen LogP contribution in [0.15, 0.2) is 24.3 Å². The SMILES string of the molecule is CC(c1cccc(F)c1)N1CCC(C(=O)O)C1.Cl. The van der Waals surface area contributed by atoms with Gasteiger partial charge in [0.1, 0.15) is 5.82 Å². The minimum Gasteiger partial charge on any atom is -0.481 e. The smallest absolute Gasteiger partial charge is 0.307 e. The van der Waals surface area contributed by atoms with Crippen LogP contribution < -0.4 is 0 Å². The Bertz CT molecular complexity index is 427. The van der Waals surface area contributed by atoms with Gasteiger partial charge in [0, 0.05) is 12.6 Å². The lowest BCUT2D eigenvalue weighted by Gasteiger charge is -2.24. The van der Waals surface area contributed by atoms with E-state index < -0.39 is 5.97 Å². The van der Waals surface area contributed by atoms with E-state index in [4.69, 9.17) is 5.11 Å². The van der Waals surface area contributed by atoms with Crippen molar-refractivity contribution in [2.45, 2.75) is 19.4 Å². The van der Waals surface area contributed by atoms with Crippen molar-refractivity contribution in [3.05, 3.63) is 35.6 Å². The summed E-state index contributed by atoms with van der Waals surface area (Å²) < 4.78 is 13.1. The lowest BCUT2D eigenvalue weighted by molar-refractivity contribution is -0.141. The first-order chi connectivity index (χ1) is 8.08. The molecule has 0 aromatic heterocycles. The molecule has 1 aromatic rings. The van der Waals surface area contributed by atoms with E-state index in [-0.39, 0.29) is 30.2 Å². The number of benzene rings is 1. The summed E-state index contributed by atoms with van der Waals surface area (Å²) in [6, 6.07) is 6.56. The number of carboxylic acid groups (broad SMARTS) is 1. The number of likely N-dealkylation sites (tertiary alicyclic amines) is 1. The highest BCUT2D eigenvalue weighted by Crippen LogP contribution is 2.27. The van der Waals surface area contributed by atoms with Crippen LogP contribution in [0.5, 0.6) is 0 Å². The molecule has 1 N–H and O–H groups in total. The molecule has 0 spiro atoms. The third kappa shape index (κ3) is 3.21. The first-order valence-electron chi connectivity index (χ1n) is 5.80. The summed E-state index contributed by atoms with van der Waals surface area (Å²) >= 11 is 0. The summed E-state index contributed by atoms with van der Waals surface area (Å²) in [5.41, 5.74) is 0.899. The van der Waals surface area contributed by atoms with Crippen molar-refractivity contribution in [2.24, 2.45) is 5.92 Å². The number of rotatable bonds is 3. The minimum atomic E-state index is -0.737. The van der Waals surface area contributed by atoms with Crippen molar-refractivity contribution in [1.82, 2.24) is 4.90 Å². The number of halogens is 2. The van der Waals surface area contributed by atoms with Gasteiger partial charge in [-0.15, -0.1) is 12.4 Å². The van der Waals surface area contributed by atoms with Crippen molar-refractivity contribution in [3.8, 4) is 0 Å². The molecule has 0 aliphatic carbocycles. The quantitative estimate of drug-likeness (QED) is 0.921. The molecule has 100 valence electrons. The fraction of sp³-hybridized carbons (Fsp3) is 0.462. The molecule has 0 amide bonds. The molecule has 1 aliphatic rings. The largest absolute Gasteiger partial charge is 0.481 e. The van der Waals surface area contributed by atoms with Crippen LogP contribution in [-0.2, 0) is 4.79 Å². The molecule has 18 heavy (non-hydrogen) atoms. The van der Waals surface area contributed by atoms with E-state index in [1.54, 1.807) is 6.07 Å². The average Bonchev–Trinajstić information content (AvgIpc) is 2.77. The molecule has 1 fully saturated rings. The lowest BCUT2D eigenvalue weighted by Crippen LogP contribution is -2.26. The topological polar surface area (TPSA) is 40.5 Å². The van der Waals surface area contributed by atoms with Crippen LogP contribution in [0.25, 0.3) is 0 Å². The van der Waals surface area contributed by atoms with Gasteiger partial charge in [-0.25, -0.2) is 4.39 Å². The van der Waals surface area contributed by atoms with Gasteiger partial charge in [0.15, 0.2) is 0 Å². The van der Waals surface area contributed by atoms with E-state index in [1.807, 2.05) is 13.0 Å². The van der Waals surface area contributed by atoms with Crippen molar-refractivity contribution >= 4 is 18.4 Å². The number of carboxylic acids is 1. The van der Waals surface area contributed by atoms with Gasteiger partial charge < -0.3 is 5.11 Å². The van der Waals surface area contributed by atoms with Crippen molar-refractivity contribution in [1.29, 1.82) is 0 Å². The number of nitrogens with zero attached hydrogens (tertiary/aromatic N) is 1. The van der Waals surface area contributed by atoms with Crippen LogP contribution in [0.1, 0.15) is 24.9 Å². The summed E-state index contributed by atoms with van der Waals surface area (Å²) in [7, 11) is 0. The van der Waals surface area contributed by atoms with Gasteiger partial charge in [0.2, 0.25) is 0 Å². The molecule has 1 aromatic carbocycles. The van der Waals surface area contributed by atoms with E-state index in [9.17, 15) is 9.18 Å². The summed E-state index contributed by atoms with van der Waals surface area (Å²) in [6.45, 7) is 3.29. The van der Waals surface area contributed by atoms with E-state index >= 15 is 0 Å². The fourth-order valence-electron chi connectivity index (χ4n) is 2.32. The zero-order valence-corrected chi connectivity index (χ0v) is 11.0. The molecule has 2 rings (SSSR count). The van der Waals surface area contributed by atoms with Gasteiger partial charge in [0.25, 0.3) is 0 Å². The second kappa shape index (κ2) is 6.16. The molecule has 2 unspecified atom stereocenters. The zero-order chi connectivity index (χ0) is 12.4. The molecule has 1 heterocycles. The molecule has 1 aliphatic heterocycles. The van der Waals surface area contributed by atoms with Gasteiger partial charge in [-0.05, 0) is 37.6 Å². The molecular weight excluding hydrogens is 257 g/mol. The second-order valence-corrected chi connectivity index (χ2v) is 4.55. The summed E-state index contributed by atoms with van der Waals surface area (Å²) in [4.78, 5) is 13.0. The van der Waals surface area contributed by atoms with Crippen molar-refractivity contribution < 1.29 is 14.3 Å². The normalized spacial score (nSPS) is 21.3. The maximum Gasteiger partial charge on any atom is 0.307 e. The monoisotopic (exact) mass is 273 g/mol. The van der Waals surface area contributed by atoms with Crippen molar-refractivity contribution in [3.63, 3.8) is 0 Å². The lowest BCUT2D eigenvalue weighted by atomic mass is 10.1. The Labute approximate surface area is 112 Å². The molecule has 5 heteroatoms. The molecular formula is C13H17ClFNO2. The first kappa shape index (κ1) is 14.9. The predicted molar refractivity (Wildman–Crippen MR) is 69.4 cm³/mol. The first-order valence-corrected chi connectivity index (χ1v) is 5.80. The molecule has 2 atom stereocenters. The molecule has 0 radical (unpaired) electrons. The summed E-state index contributed by atoms with van der Waals surface area (Å²) in [5.74, 6) is -1.27. The maximum absolute atomic E-state index is 13.1. The Morgan fingerprint density at radius 1 is 1.56 bits per heavy atom. The average molecular weight is 274 g/mol. The van der Waals surface area contributed by atoms with Crippen LogP contribution in [0.2, 0.25) is 0 Å². The van der Waals surface area contributed by atoms with Gasteiger partial charge in [-0.3, -0.25) is 9.69 Å². The number of carbonyl (C=O) groups is 1. The minimum absolute atomic E-state index is 0. The van der Waals surface area contributed by atoms with Crippen LogP contribution in [0.4, 0.5) is 4.39 Å². The summed E-state index contributed by atoms with van der Waals surface area (Å²) in [5, 5.41) is 8.94. The molecule has 3 nitrogen and oxygen atoms in total. The Balaban J connectivity index is 0.00000162. The molecule has 0 bridgehead atoms. The van der Waals surface area contributed by atoms with Crippen LogP contribution in [-0.4, -0.2) is 29.1 Å². The van der Waals surface area contributed by atoms with Crippen LogP contribution in [0, 0.1) is 11.7 Å². The fourth-order valence-corrected chi connectivity index (χ4v) is 2.32. The van der Waals surface area contributed by atoms with Gasteiger partial charge in [-0.1, -0.05) is 12.1 Å². The third-order valence-electron chi connectivity index (χ3n) is 3.45. The van der Waals surface area contributed by atoms with Crippen LogP contribution in [0.3, 0.4) is 0 Å². The van der Waals surface area contributed by atoms with Gasteiger partial charge in [0.05, 0.1) is 5.92 Å². The molecule has 1 saturated heterocycles. The maximum atomic E-state index is 13.1.